The van der Waals surface area contributed by atoms with Crippen molar-refractivity contribution in [2.24, 2.45) is 0 Å². The molecule has 30 heavy (non-hydrogen) atoms. The predicted molar refractivity (Wildman–Crippen MR) is 117 cm³/mol. The van der Waals surface area contributed by atoms with Crippen molar-refractivity contribution in [2.75, 3.05) is 19.4 Å². The molecule has 1 fully saturated rings. The molecule has 0 unspecified atom stereocenters. The third-order valence-electron chi connectivity index (χ3n) is 5.98. The van der Waals surface area contributed by atoms with E-state index in [1.54, 1.807) is 22.7 Å². The van der Waals surface area contributed by atoms with Crippen molar-refractivity contribution in [2.45, 2.75) is 36.8 Å². The minimum Gasteiger partial charge on any atom is -0.450 e. The van der Waals surface area contributed by atoms with Crippen molar-refractivity contribution >= 4 is 28.6 Å². The summed E-state index contributed by atoms with van der Waals surface area (Å²) in [5, 5.41) is 0.520. The number of rotatable bonds is 4. The van der Waals surface area contributed by atoms with Crippen molar-refractivity contribution in [1.29, 1.82) is 0 Å². The van der Waals surface area contributed by atoms with Gasteiger partial charge in [0.05, 0.1) is 23.1 Å². The molecule has 0 bridgehead atoms. The number of carbonyl (C=O) groups excluding carboxylic acids is 1. The van der Waals surface area contributed by atoms with Crippen LogP contribution in [0.1, 0.15) is 46.1 Å². The number of hydrogen-bond donors (Lipinski definition) is 0. The molecule has 0 aliphatic carbocycles. The van der Waals surface area contributed by atoms with Crippen LogP contribution in [0.15, 0.2) is 56.6 Å². The van der Waals surface area contributed by atoms with Gasteiger partial charge in [0.25, 0.3) is 5.91 Å². The van der Waals surface area contributed by atoms with E-state index in [0.29, 0.717) is 29.7 Å². The van der Waals surface area contributed by atoms with Crippen LogP contribution in [0.25, 0.3) is 11.0 Å². The third kappa shape index (κ3) is 3.15. The van der Waals surface area contributed by atoms with Gasteiger partial charge in [-0.1, -0.05) is 23.8 Å². The normalized spacial score (nSPS) is 20.9. The molecule has 2 atom stereocenters. The minimum absolute atomic E-state index is 0.0111. The summed E-state index contributed by atoms with van der Waals surface area (Å²) < 4.78 is 11.8. The van der Waals surface area contributed by atoms with Crippen LogP contribution in [-0.2, 0) is 4.74 Å². The summed E-state index contributed by atoms with van der Waals surface area (Å²) in [6.07, 6.45) is 3.92. The summed E-state index contributed by atoms with van der Waals surface area (Å²) >= 11 is 1.66. The summed E-state index contributed by atoms with van der Waals surface area (Å²) in [5.41, 5.74) is 2.66. The van der Waals surface area contributed by atoms with E-state index in [0.717, 1.165) is 28.9 Å². The highest BCUT2D eigenvalue weighted by Gasteiger charge is 2.43. The minimum atomic E-state index is -0.464. The number of nitrogens with zero attached hydrogens (tertiary/aromatic N) is 1. The first kappa shape index (κ1) is 19.4. The lowest BCUT2D eigenvalue weighted by molar-refractivity contribution is 0.0486. The van der Waals surface area contributed by atoms with Crippen LogP contribution >= 0.6 is 11.8 Å². The number of aryl methyl sites for hydroxylation is 1. The van der Waals surface area contributed by atoms with Crippen LogP contribution in [0.2, 0.25) is 0 Å². The van der Waals surface area contributed by atoms with Gasteiger partial charge >= 0.3 is 0 Å². The van der Waals surface area contributed by atoms with Crippen LogP contribution < -0.4 is 5.43 Å². The van der Waals surface area contributed by atoms with Gasteiger partial charge in [0.2, 0.25) is 5.76 Å². The second-order valence-corrected chi connectivity index (χ2v) is 8.82. The lowest BCUT2D eigenvalue weighted by Gasteiger charge is -2.27. The maximum absolute atomic E-state index is 13.5. The van der Waals surface area contributed by atoms with Crippen molar-refractivity contribution in [1.82, 2.24) is 4.90 Å². The molecule has 5 nitrogen and oxygen atoms in total. The van der Waals surface area contributed by atoms with E-state index in [2.05, 4.69) is 0 Å². The van der Waals surface area contributed by atoms with Crippen LogP contribution in [-0.4, -0.2) is 36.3 Å². The molecular formula is C24H23NO4S. The van der Waals surface area contributed by atoms with Crippen molar-refractivity contribution < 1.29 is 13.9 Å². The fourth-order valence-corrected chi connectivity index (χ4v) is 4.87. The molecule has 2 aliphatic rings. The summed E-state index contributed by atoms with van der Waals surface area (Å²) in [7, 11) is 0. The Balaban J connectivity index is 1.69. The van der Waals surface area contributed by atoms with Gasteiger partial charge in [0.15, 0.2) is 5.43 Å². The molecule has 3 heterocycles. The van der Waals surface area contributed by atoms with Gasteiger partial charge in [-0.15, -0.1) is 11.8 Å². The molecule has 1 aromatic heterocycles. The number of fused-ring (bicyclic) bond motifs is 2. The number of thioether (sulfide) groups is 1. The lowest BCUT2D eigenvalue weighted by Crippen LogP contribution is -2.36. The Labute approximate surface area is 179 Å². The zero-order chi connectivity index (χ0) is 20.8. The number of carbonyl (C=O) groups is 1. The van der Waals surface area contributed by atoms with Gasteiger partial charge < -0.3 is 14.1 Å². The Kier molecular flexibility index (Phi) is 4.91. The second-order valence-electron chi connectivity index (χ2n) is 7.94. The molecule has 1 amide bonds. The van der Waals surface area contributed by atoms with Gasteiger partial charge in [-0.2, -0.15) is 0 Å². The number of benzene rings is 2. The van der Waals surface area contributed by atoms with E-state index < -0.39 is 6.04 Å². The molecule has 5 rings (SSSR count). The SMILES string of the molecule is CSc1ccc([C@@H]2c3c(oc4ccc(C)cc4c3=O)C(=O)N2C[C@@H]2CCCO2)cc1. The molecule has 0 saturated carbocycles. The average Bonchev–Trinajstić information content (AvgIpc) is 3.37. The highest BCUT2D eigenvalue weighted by atomic mass is 32.2. The maximum Gasteiger partial charge on any atom is 0.291 e. The van der Waals surface area contributed by atoms with Crippen LogP contribution in [0, 0.1) is 6.92 Å². The van der Waals surface area contributed by atoms with Gasteiger partial charge in [0.1, 0.15) is 5.58 Å². The fraction of sp³-hybridized carbons (Fsp3) is 0.333. The van der Waals surface area contributed by atoms with Crippen molar-refractivity contribution in [3.63, 3.8) is 0 Å². The van der Waals surface area contributed by atoms with Crippen LogP contribution in [0.4, 0.5) is 0 Å². The standard InChI is InChI=1S/C24H23NO4S/c1-14-5-10-19-18(12-14)22(26)20-21(15-6-8-17(30-2)9-7-15)25(24(27)23(20)29-19)13-16-4-3-11-28-16/h5-10,12,16,21H,3-4,11,13H2,1-2H3/t16-,21+/m0/s1. The Morgan fingerprint density at radius 2 is 1.93 bits per heavy atom. The molecular weight excluding hydrogens is 398 g/mol. The molecule has 154 valence electrons. The molecule has 6 heteroatoms. The topological polar surface area (TPSA) is 59.8 Å². The number of amides is 1. The lowest BCUT2D eigenvalue weighted by atomic mass is 9.98. The van der Waals surface area contributed by atoms with E-state index in [1.165, 1.54) is 0 Å². The van der Waals surface area contributed by atoms with Gasteiger partial charge in [-0.05, 0) is 55.9 Å². The van der Waals surface area contributed by atoms with Crippen LogP contribution in [0.3, 0.4) is 0 Å². The first-order valence-corrected chi connectivity index (χ1v) is 11.4. The molecule has 0 radical (unpaired) electrons. The van der Waals surface area contributed by atoms with Crippen molar-refractivity contribution in [3.05, 3.63) is 75.1 Å². The summed E-state index contributed by atoms with van der Waals surface area (Å²) in [5.74, 6) is -0.0766. The Morgan fingerprint density at radius 3 is 2.63 bits per heavy atom. The maximum atomic E-state index is 13.5. The Morgan fingerprint density at radius 1 is 1.13 bits per heavy atom. The van der Waals surface area contributed by atoms with Gasteiger partial charge in [0, 0.05) is 18.0 Å². The highest BCUT2D eigenvalue weighted by molar-refractivity contribution is 7.98. The molecule has 3 aromatic rings. The van der Waals surface area contributed by atoms with Gasteiger partial charge in [-0.25, -0.2) is 0 Å². The Hall–Kier alpha value is -2.57. The number of ether oxygens (including phenoxy) is 1. The van der Waals surface area contributed by atoms with E-state index in [-0.39, 0.29) is 23.2 Å². The average molecular weight is 422 g/mol. The van der Waals surface area contributed by atoms with E-state index in [4.69, 9.17) is 9.15 Å². The second kappa shape index (κ2) is 7.60. The fourth-order valence-electron chi connectivity index (χ4n) is 4.46. The van der Waals surface area contributed by atoms with E-state index in [9.17, 15) is 9.59 Å². The summed E-state index contributed by atoms with van der Waals surface area (Å²) in [6.45, 7) is 3.11. The first-order valence-electron chi connectivity index (χ1n) is 10.2. The molecule has 1 saturated heterocycles. The molecule has 0 N–H and O–H groups in total. The molecule has 0 spiro atoms. The smallest absolute Gasteiger partial charge is 0.291 e. The molecule has 2 aromatic carbocycles. The van der Waals surface area contributed by atoms with Crippen molar-refractivity contribution in [3.8, 4) is 0 Å². The predicted octanol–water partition coefficient (Wildman–Crippen LogP) is 4.55. The summed E-state index contributed by atoms with van der Waals surface area (Å²) in [6, 6.07) is 13.1. The highest BCUT2D eigenvalue weighted by Crippen LogP contribution is 2.39. The zero-order valence-corrected chi connectivity index (χ0v) is 17.8. The molecule has 2 aliphatic heterocycles. The zero-order valence-electron chi connectivity index (χ0n) is 17.0. The Bertz CT molecular complexity index is 1180. The summed E-state index contributed by atoms with van der Waals surface area (Å²) in [4.78, 5) is 29.8. The monoisotopic (exact) mass is 421 g/mol. The van der Waals surface area contributed by atoms with E-state index in [1.807, 2.05) is 49.6 Å². The first-order chi connectivity index (χ1) is 14.6. The third-order valence-corrected chi connectivity index (χ3v) is 6.72. The van der Waals surface area contributed by atoms with Crippen LogP contribution in [0.5, 0.6) is 0 Å². The van der Waals surface area contributed by atoms with Gasteiger partial charge in [-0.3, -0.25) is 9.59 Å². The largest absolute Gasteiger partial charge is 0.450 e. The van der Waals surface area contributed by atoms with E-state index >= 15 is 0 Å². The quantitative estimate of drug-likeness (QED) is 0.579. The number of hydrogen-bond acceptors (Lipinski definition) is 5.